The van der Waals surface area contributed by atoms with Crippen LogP contribution in [-0.4, -0.2) is 56.8 Å². The van der Waals surface area contributed by atoms with Crippen LogP contribution in [0.3, 0.4) is 0 Å². The lowest BCUT2D eigenvalue weighted by Gasteiger charge is -2.34. The molecule has 2 saturated heterocycles. The standard InChI is InChI=1S/C25H34N4O3/c1-5-6-9-22(32)28-12-7-8-19(28)24-23-20(15-25(3,4)16-21(23)31)29(26-24)18-10-13-27(14-11-18)17(2)30/h1,18-19H,6-16H2,2-4H3/t19-/m0/s1. The number of rotatable bonds is 4. The van der Waals surface area contributed by atoms with Gasteiger partial charge in [0.2, 0.25) is 11.8 Å². The number of hydrogen-bond donors (Lipinski definition) is 0. The van der Waals surface area contributed by atoms with Crippen LogP contribution in [0.5, 0.6) is 0 Å². The first-order chi connectivity index (χ1) is 15.2. The number of hydrogen-bond acceptors (Lipinski definition) is 4. The van der Waals surface area contributed by atoms with Crippen LogP contribution in [0.2, 0.25) is 0 Å². The minimum absolute atomic E-state index is 0.0482. The van der Waals surface area contributed by atoms with Gasteiger partial charge in [-0.15, -0.1) is 12.3 Å². The second kappa shape index (κ2) is 8.73. The zero-order chi connectivity index (χ0) is 23.0. The molecule has 0 bridgehead atoms. The smallest absolute Gasteiger partial charge is 0.224 e. The van der Waals surface area contributed by atoms with Gasteiger partial charge in [0.25, 0.3) is 0 Å². The maximum absolute atomic E-state index is 13.3. The third kappa shape index (κ3) is 4.20. The van der Waals surface area contributed by atoms with Crippen LogP contribution >= 0.6 is 0 Å². The van der Waals surface area contributed by atoms with Crippen molar-refractivity contribution >= 4 is 17.6 Å². The van der Waals surface area contributed by atoms with Gasteiger partial charge >= 0.3 is 0 Å². The number of carbonyl (C=O) groups excluding carboxylic acids is 3. The third-order valence-corrected chi connectivity index (χ3v) is 7.23. The number of Topliss-reactive ketones (excluding diaryl/α,β-unsaturated/α-hetero) is 1. The molecule has 0 N–H and O–H groups in total. The summed E-state index contributed by atoms with van der Waals surface area (Å²) in [7, 11) is 0. The summed E-state index contributed by atoms with van der Waals surface area (Å²) in [5.41, 5.74) is 2.43. The molecule has 2 amide bonds. The Morgan fingerprint density at radius 3 is 2.53 bits per heavy atom. The molecule has 1 aromatic heterocycles. The fourth-order valence-corrected chi connectivity index (χ4v) is 5.63. The van der Waals surface area contributed by atoms with E-state index < -0.39 is 0 Å². The Bertz CT molecular complexity index is 963. The van der Waals surface area contributed by atoms with Gasteiger partial charge in [-0.3, -0.25) is 19.1 Å². The van der Waals surface area contributed by atoms with Crippen molar-refractivity contribution < 1.29 is 14.4 Å². The first-order valence-electron chi connectivity index (χ1n) is 11.8. The van der Waals surface area contributed by atoms with Crippen molar-refractivity contribution in [2.45, 2.75) is 84.2 Å². The second-order valence-electron chi connectivity index (χ2n) is 10.3. The summed E-state index contributed by atoms with van der Waals surface area (Å²) in [6.07, 6.45) is 10.8. The molecule has 0 spiro atoms. The van der Waals surface area contributed by atoms with E-state index in [9.17, 15) is 14.4 Å². The number of amides is 2. The number of piperidine rings is 1. The van der Waals surface area contributed by atoms with E-state index in [1.807, 2.05) is 9.80 Å². The third-order valence-electron chi connectivity index (χ3n) is 7.23. The average Bonchev–Trinajstić information content (AvgIpc) is 3.36. The van der Waals surface area contributed by atoms with E-state index in [0.717, 1.165) is 49.1 Å². The van der Waals surface area contributed by atoms with E-state index in [1.54, 1.807) is 6.92 Å². The predicted molar refractivity (Wildman–Crippen MR) is 121 cm³/mol. The lowest BCUT2D eigenvalue weighted by Crippen LogP contribution is -2.38. The topological polar surface area (TPSA) is 75.5 Å². The van der Waals surface area contributed by atoms with Gasteiger partial charge in [-0.05, 0) is 37.5 Å². The van der Waals surface area contributed by atoms with Crippen molar-refractivity contribution in [3.8, 4) is 12.3 Å². The summed E-state index contributed by atoms with van der Waals surface area (Å²) in [4.78, 5) is 41.7. The first-order valence-corrected chi connectivity index (χ1v) is 11.8. The van der Waals surface area contributed by atoms with Gasteiger partial charge in [0.15, 0.2) is 5.78 Å². The Hall–Kier alpha value is -2.62. The average molecular weight is 439 g/mol. The normalized spacial score (nSPS) is 23.2. The molecule has 32 heavy (non-hydrogen) atoms. The van der Waals surface area contributed by atoms with Crippen LogP contribution in [0.4, 0.5) is 0 Å². The van der Waals surface area contributed by atoms with E-state index >= 15 is 0 Å². The number of terminal acetylenes is 1. The molecule has 0 aromatic carbocycles. The molecule has 3 heterocycles. The van der Waals surface area contributed by atoms with Crippen LogP contribution in [0.15, 0.2) is 0 Å². The van der Waals surface area contributed by atoms with Gasteiger partial charge in [-0.1, -0.05) is 13.8 Å². The molecule has 0 radical (unpaired) electrons. The number of ketones is 1. The predicted octanol–water partition coefficient (Wildman–Crippen LogP) is 3.30. The Morgan fingerprint density at radius 2 is 1.88 bits per heavy atom. The summed E-state index contributed by atoms with van der Waals surface area (Å²) in [6.45, 7) is 7.99. The van der Waals surface area contributed by atoms with Crippen molar-refractivity contribution in [3.05, 3.63) is 17.0 Å². The highest BCUT2D eigenvalue weighted by molar-refractivity contribution is 6.00. The molecular weight excluding hydrogens is 404 g/mol. The molecule has 1 aliphatic carbocycles. The SMILES string of the molecule is C#CCCC(=O)N1CCC[C@H]1c1nn(C2CCN(C(C)=O)CC2)c2c1C(=O)CC(C)(C)C2. The van der Waals surface area contributed by atoms with Gasteiger partial charge < -0.3 is 9.80 Å². The number of carbonyl (C=O) groups is 3. The summed E-state index contributed by atoms with van der Waals surface area (Å²) in [6, 6.07) is 0.0135. The van der Waals surface area contributed by atoms with Gasteiger partial charge in [0.05, 0.1) is 29.0 Å². The molecule has 1 aromatic rings. The molecule has 172 valence electrons. The van der Waals surface area contributed by atoms with Crippen LogP contribution in [0.25, 0.3) is 0 Å². The van der Waals surface area contributed by atoms with Crippen LogP contribution in [0.1, 0.15) is 99.5 Å². The van der Waals surface area contributed by atoms with Gasteiger partial charge in [-0.25, -0.2) is 0 Å². The van der Waals surface area contributed by atoms with Gasteiger partial charge in [0.1, 0.15) is 0 Å². The molecule has 7 nitrogen and oxygen atoms in total. The molecule has 7 heteroatoms. The Kier molecular flexibility index (Phi) is 6.15. The fraction of sp³-hybridized carbons (Fsp3) is 0.680. The Morgan fingerprint density at radius 1 is 1.16 bits per heavy atom. The van der Waals surface area contributed by atoms with Crippen molar-refractivity contribution in [2.75, 3.05) is 19.6 Å². The van der Waals surface area contributed by atoms with Gasteiger partial charge in [-0.2, -0.15) is 5.10 Å². The molecule has 0 saturated carbocycles. The zero-order valence-corrected chi connectivity index (χ0v) is 19.5. The van der Waals surface area contributed by atoms with Crippen molar-refractivity contribution in [3.63, 3.8) is 0 Å². The lowest BCUT2D eigenvalue weighted by atomic mass is 9.75. The minimum Gasteiger partial charge on any atom is -0.343 e. The van der Waals surface area contributed by atoms with Crippen molar-refractivity contribution in [1.82, 2.24) is 19.6 Å². The Labute approximate surface area is 190 Å². The van der Waals surface area contributed by atoms with Crippen LogP contribution < -0.4 is 0 Å². The monoisotopic (exact) mass is 438 g/mol. The molecule has 2 fully saturated rings. The summed E-state index contributed by atoms with van der Waals surface area (Å²) in [5, 5.41) is 5.05. The number of nitrogens with zero attached hydrogens (tertiary/aromatic N) is 4. The maximum Gasteiger partial charge on any atom is 0.224 e. The first kappa shape index (κ1) is 22.6. The van der Waals surface area contributed by atoms with Crippen LogP contribution in [0, 0.1) is 17.8 Å². The second-order valence-corrected chi connectivity index (χ2v) is 10.3. The maximum atomic E-state index is 13.3. The highest BCUT2D eigenvalue weighted by Crippen LogP contribution is 2.43. The molecule has 4 rings (SSSR count). The summed E-state index contributed by atoms with van der Waals surface area (Å²) < 4.78 is 2.09. The van der Waals surface area contributed by atoms with Crippen LogP contribution in [-0.2, 0) is 16.0 Å². The quantitative estimate of drug-likeness (QED) is 0.676. The number of likely N-dealkylation sites (tertiary alicyclic amines) is 2. The lowest BCUT2D eigenvalue weighted by molar-refractivity contribution is -0.132. The zero-order valence-electron chi connectivity index (χ0n) is 19.5. The highest BCUT2D eigenvalue weighted by atomic mass is 16.2. The molecule has 1 atom stereocenters. The summed E-state index contributed by atoms with van der Waals surface area (Å²) >= 11 is 0. The molecule has 2 aliphatic heterocycles. The van der Waals surface area contributed by atoms with E-state index in [-0.39, 0.29) is 35.1 Å². The van der Waals surface area contributed by atoms with Crippen molar-refractivity contribution in [2.24, 2.45) is 5.41 Å². The number of aromatic nitrogens is 2. The van der Waals surface area contributed by atoms with E-state index in [2.05, 4.69) is 24.4 Å². The number of fused-ring (bicyclic) bond motifs is 1. The molecular formula is C25H34N4O3. The minimum atomic E-state index is -0.155. The van der Waals surface area contributed by atoms with E-state index in [4.69, 9.17) is 11.5 Å². The fourth-order valence-electron chi connectivity index (χ4n) is 5.63. The van der Waals surface area contributed by atoms with E-state index in [1.165, 1.54) is 0 Å². The van der Waals surface area contributed by atoms with Gasteiger partial charge in [0, 0.05) is 45.8 Å². The Balaban J connectivity index is 1.70. The van der Waals surface area contributed by atoms with Crippen molar-refractivity contribution in [1.29, 1.82) is 0 Å². The molecule has 3 aliphatic rings. The molecule has 0 unspecified atom stereocenters. The largest absolute Gasteiger partial charge is 0.343 e. The summed E-state index contributed by atoms with van der Waals surface area (Å²) in [5.74, 6) is 2.85. The highest BCUT2D eigenvalue weighted by Gasteiger charge is 2.42. The van der Waals surface area contributed by atoms with E-state index in [0.29, 0.717) is 38.9 Å².